The van der Waals surface area contributed by atoms with Crippen LogP contribution < -0.4 is 0 Å². The van der Waals surface area contributed by atoms with Gasteiger partial charge in [-0.1, -0.05) is 0 Å². The van der Waals surface area contributed by atoms with E-state index in [1.807, 2.05) is 24.0 Å². The second-order valence-electron chi connectivity index (χ2n) is 5.60. The Hall–Kier alpha value is -2.22. The van der Waals surface area contributed by atoms with Gasteiger partial charge in [-0.25, -0.2) is 4.98 Å². The molecule has 122 valence electrons. The number of piperazine rings is 1. The molecule has 1 aliphatic heterocycles. The van der Waals surface area contributed by atoms with Crippen molar-refractivity contribution in [1.29, 1.82) is 0 Å². The van der Waals surface area contributed by atoms with Gasteiger partial charge in [-0.05, 0) is 26.0 Å². The normalized spacial score (nSPS) is 15.0. The standard InChI is InChI=1S/C15H19N5O2S/c1-10-3-4-12(23-10)15(22)20-7-5-19(6-8-20)14(21)9-13-16-11(2)17-18-13/h3-4H,5-9H2,1-2H3,(H,16,17,18). The van der Waals surface area contributed by atoms with Crippen LogP contribution >= 0.6 is 11.3 Å². The molecule has 1 aliphatic rings. The fourth-order valence-corrected chi connectivity index (χ4v) is 3.41. The maximum absolute atomic E-state index is 12.4. The Morgan fingerprint density at radius 1 is 1.17 bits per heavy atom. The predicted octanol–water partition coefficient (Wildman–Crippen LogP) is 1.01. The number of carbonyl (C=O) groups is 2. The van der Waals surface area contributed by atoms with Crippen molar-refractivity contribution < 1.29 is 9.59 Å². The summed E-state index contributed by atoms with van der Waals surface area (Å²) < 4.78 is 0. The van der Waals surface area contributed by atoms with E-state index in [0.29, 0.717) is 37.8 Å². The highest BCUT2D eigenvalue weighted by atomic mass is 32.1. The summed E-state index contributed by atoms with van der Waals surface area (Å²) in [6.07, 6.45) is 0.197. The highest BCUT2D eigenvalue weighted by molar-refractivity contribution is 7.13. The number of aromatic nitrogens is 3. The third kappa shape index (κ3) is 3.58. The monoisotopic (exact) mass is 333 g/mol. The number of hydrogen-bond donors (Lipinski definition) is 1. The van der Waals surface area contributed by atoms with E-state index in [0.717, 1.165) is 9.75 Å². The lowest BCUT2D eigenvalue weighted by atomic mass is 10.2. The van der Waals surface area contributed by atoms with Crippen LogP contribution in [0.25, 0.3) is 0 Å². The van der Waals surface area contributed by atoms with Crippen LogP contribution in [0, 0.1) is 13.8 Å². The Morgan fingerprint density at radius 3 is 2.43 bits per heavy atom. The van der Waals surface area contributed by atoms with Gasteiger partial charge in [0.15, 0.2) is 5.82 Å². The van der Waals surface area contributed by atoms with Gasteiger partial charge in [0.2, 0.25) is 5.91 Å². The molecule has 2 aromatic heterocycles. The molecule has 0 radical (unpaired) electrons. The first-order chi connectivity index (χ1) is 11.0. The predicted molar refractivity (Wildman–Crippen MR) is 86.4 cm³/mol. The van der Waals surface area contributed by atoms with Crippen molar-refractivity contribution in [2.24, 2.45) is 0 Å². The number of amides is 2. The van der Waals surface area contributed by atoms with Crippen molar-refractivity contribution in [3.05, 3.63) is 33.5 Å². The van der Waals surface area contributed by atoms with Crippen molar-refractivity contribution in [1.82, 2.24) is 25.0 Å². The number of nitrogens with zero attached hydrogens (tertiary/aromatic N) is 4. The number of hydrogen-bond acceptors (Lipinski definition) is 5. The van der Waals surface area contributed by atoms with E-state index in [9.17, 15) is 9.59 Å². The number of aryl methyl sites for hydroxylation is 2. The molecule has 1 N–H and O–H groups in total. The first-order valence-electron chi connectivity index (χ1n) is 7.54. The van der Waals surface area contributed by atoms with Gasteiger partial charge < -0.3 is 9.80 Å². The van der Waals surface area contributed by atoms with Gasteiger partial charge in [0.05, 0.1) is 11.3 Å². The molecule has 2 amide bonds. The van der Waals surface area contributed by atoms with Crippen molar-refractivity contribution in [2.75, 3.05) is 26.2 Å². The highest BCUT2D eigenvalue weighted by Crippen LogP contribution is 2.18. The van der Waals surface area contributed by atoms with E-state index in [-0.39, 0.29) is 18.2 Å². The second-order valence-corrected chi connectivity index (χ2v) is 6.89. The van der Waals surface area contributed by atoms with Crippen molar-refractivity contribution in [3.8, 4) is 0 Å². The molecule has 23 heavy (non-hydrogen) atoms. The molecule has 2 aromatic rings. The summed E-state index contributed by atoms with van der Waals surface area (Å²) in [5.74, 6) is 1.28. The Balaban J connectivity index is 1.53. The fraction of sp³-hybridized carbons (Fsp3) is 0.467. The molecule has 7 nitrogen and oxygen atoms in total. The van der Waals surface area contributed by atoms with Gasteiger partial charge in [-0.3, -0.25) is 14.7 Å². The minimum atomic E-state index is 0.00284. The Labute approximate surface area is 138 Å². The van der Waals surface area contributed by atoms with Crippen LogP contribution in [0.15, 0.2) is 12.1 Å². The molecule has 3 rings (SSSR count). The zero-order valence-corrected chi connectivity index (χ0v) is 14.0. The van der Waals surface area contributed by atoms with Gasteiger partial charge >= 0.3 is 0 Å². The molecular weight excluding hydrogens is 314 g/mol. The molecule has 1 fully saturated rings. The molecule has 0 aromatic carbocycles. The summed E-state index contributed by atoms with van der Waals surface area (Å²) in [5.41, 5.74) is 0. The number of carbonyl (C=O) groups excluding carboxylic acids is 2. The first-order valence-corrected chi connectivity index (χ1v) is 8.36. The molecule has 3 heterocycles. The van der Waals surface area contributed by atoms with Crippen LogP contribution in [-0.2, 0) is 11.2 Å². The van der Waals surface area contributed by atoms with Gasteiger partial charge in [0.1, 0.15) is 5.82 Å². The van der Waals surface area contributed by atoms with Crippen LogP contribution in [0.5, 0.6) is 0 Å². The minimum absolute atomic E-state index is 0.00284. The largest absolute Gasteiger partial charge is 0.339 e. The molecule has 0 aliphatic carbocycles. The topological polar surface area (TPSA) is 82.2 Å². The number of aromatic amines is 1. The average Bonchev–Trinajstić information content (AvgIpc) is 3.15. The van der Waals surface area contributed by atoms with Gasteiger partial charge in [-0.15, -0.1) is 11.3 Å². The van der Waals surface area contributed by atoms with E-state index in [1.165, 1.54) is 11.3 Å². The van der Waals surface area contributed by atoms with Crippen LogP contribution in [0.3, 0.4) is 0 Å². The smallest absolute Gasteiger partial charge is 0.264 e. The summed E-state index contributed by atoms with van der Waals surface area (Å²) in [6.45, 7) is 6.03. The number of thiophene rings is 1. The number of nitrogens with one attached hydrogen (secondary N) is 1. The zero-order chi connectivity index (χ0) is 16.4. The van der Waals surface area contributed by atoms with E-state index in [1.54, 1.807) is 11.8 Å². The molecule has 0 bridgehead atoms. The molecule has 0 saturated carbocycles. The maximum Gasteiger partial charge on any atom is 0.264 e. The minimum Gasteiger partial charge on any atom is -0.339 e. The van der Waals surface area contributed by atoms with Crippen molar-refractivity contribution >= 4 is 23.2 Å². The number of rotatable bonds is 3. The van der Waals surface area contributed by atoms with E-state index in [2.05, 4.69) is 15.2 Å². The summed E-state index contributed by atoms with van der Waals surface area (Å²) in [5, 5.41) is 6.72. The Kier molecular flexibility index (Phi) is 4.42. The van der Waals surface area contributed by atoms with Gasteiger partial charge in [0.25, 0.3) is 5.91 Å². The van der Waals surface area contributed by atoms with Gasteiger partial charge in [-0.2, -0.15) is 5.10 Å². The third-order valence-electron chi connectivity index (χ3n) is 3.82. The summed E-state index contributed by atoms with van der Waals surface area (Å²) in [4.78, 5) is 34.3. The summed E-state index contributed by atoms with van der Waals surface area (Å²) in [6, 6.07) is 3.82. The van der Waals surface area contributed by atoms with Crippen molar-refractivity contribution in [2.45, 2.75) is 20.3 Å². The SMILES string of the molecule is Cc1nc(CC(=O)N2CCN(C(=O)c3ccc(C)s3)CC2)n[nH]1. The molecule has 0 spiro atoms. The lowest BCUT2D eigenvalue weighted by molar-refractivity contribution is -0.132. The van der Waals surface area contributed by atoms with Crippen LogP contribution in [0.4, 0.5) is 0 Å². The average molecular weight is 333 g/mol. The zero-order valence-electron chi connectivity index (χ0n) is 13.2. The molecule has 0 unspecified atom stereocenters. The van der Waals surface area contributed by atoms with Crippen LogP contribution in [0.1, 0.15) is 26.2 Å². The number of H-pyrrole nitrogens is 1. The molecule has 8 heteroatoms. The third-order valence-corrected chi connectivity index (χ3v) is 4.81. The van der Waals surface area contributed by atoms with Gasteiger partial charge in [0, 0.05) is 31.1 Å². The Bertz CT molecular complexity index is 715. The Morgan fingerprint density at radius 2 is 1.87 bits per heavy atom. The first kappa shape index (κ1) is 15.7. The van der Waals surface area contributed by atoms with E-state index < -0.39 is 0 Å². The second kappa shape index (κ2) is 6.49. The van der Waals surface area contributed by atoms with Crippen LogP contribution in [0.2, 0.25) is 0 Å². The van der Waals surface area contributed by atoms with Crippen LogP contribution in [-0.4, -0.2) is 63.0 Å². The summed E-state index contributed by atoms with van der Waals surface area (Å²) >= 11 is 1.51. The lowest BCUT2D eigenvalue weighted by Gasteiger charge is -2.34. The summed E-state index contributed by atoms with van der Waals surface area (Å²) in [7, 11) is 0. The van der Waals surface area contributed by atoms with E-state index in [4.69, 9.17) is 0 Å². The van der Waals surface area contributed by atoms with E-state index >= 15 is 0 Å². The molecule has 1 saturated heterocycles. The fourth-order valence-electron chi connectivity index (χ4n) is 2.58. The molecule has 0 atom stereocenters. The highest BCUT2D eigenvalue weighted by Gasteiger charge is 2.26. The lowest BCUT2D eigenvalue weighted by Crippen LogP contribution is -2.50. The maximum atomic E-state index is 12.4. The molecular formula is C15H19N5O2S. The quantitative estimate of drug-likeness (QED) is 0.909. The van der Waals surface area contributed by atoms with Crippen molar-refractivity contribution in [3.63, 3.8) is 0 Å².